The Bertz CT molecular complexity index is 1010. The molecular weight excluding hydrogens is 390 g/mol. The summed E-state index contributed by atoms with van der Waals surface area (Å²) in [4.78, 5) is 6.83. The molecule has 2 heterocycles. The quantitative estimate of drug-likeness (QED) is 0.494. The number of ether oxygens (including phenoxy) is 2. The fourth-order valence-corrected chi connectivity index (χ4v) is 4.53. The Kier molecular flexibility index (Phi) is 6.70. The molecule has 0 fully saturated rings. The lowest BCUT2D eigenvalue weighted by Gasteiger charge is -2.11. The van der Waals surface area contributed by atoms with E-state index in [1.54, 1.807) is 36.9 Å². The summed E-state index contributed by atoms with van der Waals surface area (Å²) in [6, 6.07) is 10.3. The molecule has 28 heavy (non-hydrogen) atoms. The predicted molar refractivity (Wildman–Crippen MR) is 118 cm³/mol. The Balaban J connectivity index is 2.16. The van der Waals surface area contributed by atoms with Crippen molar-refractivity contribution in [2.45, 2.75) is 33.2 Å². The van der Waals surface area contributed by atoms with Crippen LogP contribution in [0, 0.1) is 0 Å². The van der Waals surface area contributed by atoms with E-state index >= 15 is 0 Å². The summed E-state index contributed by atoms with van der Waals surface area (Å²) in [5, 5.41) is 9.21. The molecule has 0 amide bonds. The summed E-state index contributed by atoms with van der Waals surface area (Å²) in [6.45, 7) is 6.26. The average Bonchev–Trinajstić information content (AvgIpc) is 3.35. The lowest BCUT2D eigenvalue weighted by Crippen LogP contribution is -2.16. The zero-order valence-electron chi connectivity index (χ0n) is 16.8. The lowest BCUT2D eigenvalue weighted by atomic mass is 10.1. The Morgan fingerprint density at radius 3 is 2.50 bits per heavy atom. The lowest BCUT2D eigenvalue weighted by molar-refractivity contribution is 0.355. The van der Waals surface area contributed by atoms with Crippen LogP contribution in [0.4, 0.5) is 0 Å². The number of benzene rings is 1. The number of methoxy groups -OCH3 is 2. The van der Waals surface area contributed by atoms with Gasteiger partial charge in [-0.1, -0.05) is 13.0 Å². The van der Waals surface area contributed by atoms with Gasteiger partial charge >= 0.3 is 0 Å². The third-order valence-corrected chi connectivity index (χ3v) is 5.82. The molecule has 0 saturated carbocycles. The maximum absolute atomic E-state index is 5.46. The molecule has 0 N–H and O–H groups in total. The van der Waals surface area contributed by atoms with E-state index in [1.807, 2.05) is 22.9 Å². The van der Waals surface area contributed by atoms with Crippen molar-refractivity contribution in [1.82, 2.24) is 4.68 Å². The van der Waals surface area contributed by atoms with Crippen LogP contribution in [0.2, 0.25) is 0 Å². The second-order valence-corrected chi connectivity index (χ2v) is 8.17. The summed E-state index contributed by atoms with van der Waals surface area (Å²) >= 11 is 3.32. The van der Waals surface area contributed by atoms with Crippen LogP contribution in [0.25, 0.3) is 10.6 Å². The van der Waals surface area contributed by atoms with Crippen LogP contribution in [0.1, 0.15) is 32.8 Å². The summed E-state index contributed by atoms with van der Waals surface area (Å²) in [6.07, 6.45) is 0.781. The smallest absolute Gasteiger partial charge is 0.206 e. The molecule has 0 saturated heterocycles. The number of hydrogen-bond acceptors (Lipinski definition) is 6. The van der Waals surface area contributed by atoms with Crippen molar-refractivity contribution in [3.05, 3.63) is 51.5 Å². The van der Waals surface area contributed by atoms with Gasteiger partial charge in [-0.15, -0.1) is 22.7 Å². The number of hydrogen-bond donors (Lipinski definition) is 0. The highest BCUT2D eigenvalue weighted by molar-refractivity contribution is 7.14. The van der Waals surface area contributed by atoms with Gasteiger partial charge in [0.2, 0.25) is 4.80 Å². The molecule has 0 aliphatic rings. The zero-order valence-corrected chi connectivity index (χ0v) is 18.4. The van der Waals surface area contributed by atoms with Crippen LogP contribution in [-0.4, -0.2) is 30.6 Å². The predicted octanol–water partition coefficient (Wildman–Crippen LogP) is 5.27. The highest BCUT2D eigenvalue weighted by Gasteiger charge is 2.13. The molecule has 0 spiro atoms. The molecule has 5 nitrogen and oxygen atoms in total. The molecule has 3 aromatic rings. The number of thiophene rings is 1. The Morgan fingerprint density at radius 2 is 1.89 bits per heavy atom. The van der Waals surface area contributed by atoms with E-state index < -0.39 is 0 Å². The zero-order chi connectivity index (χ0) is 20.1. The monoisotopic (exact) mass is 415 g/mol. The van der Waals surface area contributed by atoms with Crippen LogP contribution in [0.5, 0.6) is 11.5 Å². The summed E-state index contributed by atoms with van der Waals surface area (Å²) in [5.41, 5.74) is 3.03. The van der Waals surface area contributed by atoms with Crippen molar-refractivity contribution in [3.63, 3.8) is 0 Å². The molecule has 0 bridgehead atoms. The van der Waals surface area contributed by atoms with Crippen LogP contribution in [-0.2, 0) is 0 Å². The summed E-state index contributed by atoms with van der Waals surface area (Å²) < 4.78 is 12.8. The first-order chi connectivity index (χ1) is 13.6. The van der Waals surface area contributed by atoms with E-state index in [-0.39, 0.29) is 6.04 Å². The molecule has 0 atom stereocenters. The van der Waals surface area contributed by atoms with E-state index in [0.717, 1.165) is 28.2 Å². The van der Waals surface area contributed by atoms with Crippen molar-refractivity contribution >= 4 is 28.4 Å². The van der Waals surface area contributed by atoms with E-state index in [4.69, 9.17) is 19.6 Å². The topological polar surface area (TPSA) is 48.1 Å². The minimum Gasteiger partial charge on any atom is -0.493 e. The van der Waals surface area contributed by atoms with Crippen molar-refractivity contribution < 1.29 is 9.47 Å². The van der Waals surface area contributed by atoms with Crippen LogP contribution < -0.4 is 14.3 Å². The van der Waals surface area contributed by atoms with Gasteiger partial charge in [-0.25, -0.2) is 4.68 Å². The van der Waals surface area contributed by atoms with Crippen molar-refractivity contribution in [2.75, 3.05) is 14.2 Å². The maximum atomic E-state index is 5.46. The van der Waals surface area contributed by atoms with Gasteiger partial charge in [0.15, 0.2) is 11.5 Å². The maximum Gasteiger partial charge on any atom is 0.206 e. The molecule has 148 valence electrons. The number of rotatable bonds is 7. The average molecular weight is 416 g/mol. The SMILES string of the molecule is CCC(=Nn1c(-c2cccs2)csc1=NC(C)C)c1ccc(OC)c(OC)c1. The van der Waals surface area contributed by atoms with Gasteiger partial charge in [-0.3, -0.25) is 4.99 Å². The van der Waals surface area contributed by atoms with Gasteiger partial charge in [0.25, 0.3) is 0 Å². The van der Waals surface area contributed by atoms with Crippen molar-refractivity contribution in [3.8, 4) is 22.1 Å². The summed E-state index contributed by atoms with van der Waals surface area (Å²) in [7, 11) is 3.28. The summed E-state index contributed by atoms with van der Waals surface area (Å²) in [5.74, 6) is 1.40. The van der Waals surface area contributed by atoms with E-state index in [2.05, 4.69) is 43.7 Å². The third-order valence-electron chi connectivity index (χ3n) is 4.10. The van der Waals surface area contributed by atoms with Crippen molar-refractivity contribution in [1.29, 1.82) is 0 Å². The third kappa shape index (κ3) is 4.36. The first kappa shape index (κ1) is 20.4. The second kappa shape index (κ2) is 9.21. The van der Waals surface area contributed by atoms with Crippen LogP contribution in [0.15, 0.2) is 51.2 Å². The molecule has 0 unspecified atom stereocenters. The minimum atomic E-state index is 0.197. The van der Waals surface area contributed by atoms with E-state index in [0.29, 0.717) is 11.5 Å². The fraction of sp³-hybridized carbons (Fsp3) is 0.333. The first-order valence-corrected chi connectivity index (χ1v) is 10.9. The van der Waals surface area contributed by atoms with E-state index in [1.165, 1.54) is 4.88 Å². The van der Waals surface area contributed by atoms with Crippen LogP contribution in [0.3, 0.4) is 0 Å². The van der Waals surface area contributed by atoms with Gasteiger partial charge in [0.05, 0.1) is 30.5 Å². The second-order valence-electron chi connectivity index (χ2n) is 6.39. The van der Waals surface area contributed by atoms with Gasteiger partial charge in [-0.2, -0.15) is 5.10 Å². The minimum absolute atomic E-state index is 0.197. The molecule has 3 rings (SSSR count). The Morgan fingerprint density at radius 1 is 1.11 bits per heavy atom. The molecule has 0 aliphatic carbocycles. The molecule has 1 aromatic carbocycles. The molecular formula is C21H25N3O2S2. The van der Waals surface area contributed by atoms with Gasteiger partial charge in [0, 0.05) is 17.0 Å². The normalized spacial score (nSPS) is 12.6. The largest absolute Gasteiger partial charge is 0.493 e. The van der Waals surface area contributed by atoms with Gasteiger partial charge in [-0.05, 0) is 49.9 Å². The Labute approximate surface area is 173 Å². The van der Waals surface area contributed by atoms with Gasteiger partial charge in [0.1, 0.15) is 0 Å². The molecule has 0 aliphatic heterocycles. The molecule has 7 heteroatoms. The van der Waals surface area contributed by atoms with Gasteiger partial charge < -0.3 is 9.47 Å². The first-order valence-electron chi connectivity index (χ1n) is 9.15. The fourth-order valence-electron chi connectivity index (χ4n) is 2.77. The number of nitrogens with zero attached hydrogens (tertiary/aromatic N) is 3. The van der Waals surface area contributed by atoms with E-state index in [9.17, 15) is 0 Å². The molecule has 2 aromatic heterocycles. The standard InChI is InChI=1S/C21H25N3O2S2/c1-6-16(15-9-10-18(25-4)19(12-15)26-5)23-24-17(20-8-7-11-27-20)13-28-21(24)22-14(2)3/h7-14H,6H2,1-5H3. The highest BCUT2D eigenvalue weighted by Crippen LogP contribution is 2.29. The number of thiazole rings is 1. The molecule has 0 radical (unpaired) electrons. The van der Waals surface area contributed by atoms with Crippen molar-refractivity contribution in [2.24, 2.45) is 10.1 Å². The highest BCUT2D eigenvalue weighted by atomic mass is 32.1. The number of aromatic nitrogens is 1. The van der Waals surface area contributed by atoms with Crippen LogP contribution >= 0.6 is 22.7 Å². The Hall–Kier alpha value is -2.38.